The molecule has 2 bridgehead atoms. The molecule has 0 atom stereocenters. The van der Waals surface area contributed by atoms with Gasteiger partial charge in [0.05, 0.1) is 5.92 Å². The molecule has 3 saturated carbocycles. The van der Waals surface area contributed by atoms with E-state index in [0.29, 0.717) is 5.92 Å². The Balaban J connectivity index is 2.22. The summed E-state index contributed by atoms with van der Waals surface area (Å²) in [5.41, 5.74) is 9.67. The van der Waals surface area contributed by atoms with Gasteiger partial charge in [-0.25, -0.2) is 0 Å². The zero-order chi connectivity index (χ0) is 6.97. The maximum absolute atomic E-state index is 8.60. The molecule has 2 heteroatoms. The van der Waals surface area contributed by atoms with Crippen LogP contribution < -0.4 is 0 Å². The van der Waals surface area contributed by atoms with Crippen molar-refractivity contribution in [2.45, 2.75) is 32.1 Å². The average Bonchev–Trinajstić information content (AvgIpc) is 2.06. The molecular weight excluding hydrogens is 124 g/mol. The summed E-state index contributed by atoms with van der Waals surface area (Å²) in [5, 5.41) is 0. The third-order valence-electron chi connectivity index (χ3n) is 2.94. The second-order valence-electron chi connectivity index (χ2n) is 3.51. The summed E-state index contributed by atoms with van der Waals surface area (Å²) in [4.78, 5) is 3.35. The molecule has 0 amide bonds. The van der Waals surface area contributed by atoms with Gasteiger partial charge in [-0.15, -0.1) is 0 Å². The first kappa shape index (κ1) is 6.11. The summed E-state index contributed by atoms with van der Waals surface area (Å²) in [6, 6.07) is 0. The number of rotatable bonds is 0. The molecule has 0 aromatic rings. The van der Waals surface area contributed by atoms with E-state index in [-0.39, 0.29) is 0 Å². The van der Waals surface area contributed by atoms with Crippen molar-refractivity contribution in [3.8, 4) is 0 Å². The highest BCUT2D eigenvalue weighted by molar-refractivity contribution is 5.83. The summed E-state index contributed by atoms with van der Waals surface area (Å²) in [6.07, 6.45) is 6.34. The molecule has 2 nitrogen and oxygen atoms in total. The van der Waals surface area contributed by atoms with Crippen LogP contribution in [0.4, 0.5) is 0 Å². The van der Waals surface area contributed by atoms with Crippen LogP contribution in [0.5, 0.6) is 0 Å². The molecule has 3 rings (SSSR count). The molecule has 0 aromatic heterocycles. The van der Waals surface area contributed by atoms with Crippen LogP contribution in [0.15, 0.2) is 0 Å². The van der Waals surface area contributed by atoms with Crippen LogP contribution in [0.25, 0.3) is 5.53 Å². The first-order valence-electron chi connectivity index (χ1n) is 4.11. The minimum absolute atomic E-state index is 0.634. The molecule has 0 aliphatic heterocycles. The van der Waals surface area contributed by atoms with Crippen molar-refractivity contribution < 1.29 is 4.79 Å². The minimum atomic E-state index is 0.634. The lowest BCUT2D eigenvalue weighted by molar-refractivity contribution is -0.0262. The van der Waals surface area contributed by atoms with E-state index in [4.69, 9.17) is 5.53 Å². The lowest BCUT2D eigenvalue weighted by Gasteiger charge is -2.31. The largest absolute Gasteiger partial charge is 0.362 e. The van der Waals surface area contributed by atoms with E-state index >= 15 is 0 Å². The van der Waals surface area contributed by atoms with Gasteiger partial charge >= 0.3 is 0 Å². The highest BCUT2D eigenvalue weighted by Crippen LogP contribution is 2.38. The van der Waals surface area contributed by atoms with Crippen molar-refractivity contribution in [2.24, 2.45) is 11.8 Å². The van der Waals surface area contributed by atoms with Gasteiger partial charge in [-0.05, 0) is 31.6 Å². The molecule has 0 saturated heterocycles. The summed E-state index contributed by atoms with van der Waals surface area (Å²) >= 11 is 0. The van der Waals surface area contributed by atoms with Crippen LogP contribution in [-0.4, -0.2) is 10.5 Å². The molecule has 3 aliphatic rings. The summed E-state index contributed by atoms with van der Waals surface area (Å²) in [7, 11) is 0. The number of fused-ring (bicyclic) bond motifs is 3. The molecule has 0 unspecified atom stereocenters. The van der Waals surface area contributed by atoms with Crippen molar-refractivity contribution in [1.29, 1.82) is 0 Å². The maximum Gasteiger partial charge on any atom is 0.272 e. The molecule has 3 aliphatic carbocycles. The Morgan fingerprint density at radius 3 is 2.20 bits per heavy atom. The van der Waals surface area contributed by atoms with Crippen LogP contribution in [-0.2, 0) is 0 Å². The van der Waals surface area contributed by atoms with E-state index in [0.717, 1.165) is 18.1 Å². The topological polar surface area (TPSA) is 36.4 Å². The van der Waals surface area contributed by atoms with E-state index in [2.05, 4.69) is 4.79 Å². The predicted octanol–water partition coefficient (Wildman–Crippen LogP) is 1.87. The van der Waals surface area contributed by atoms with Crippen LogP contribution >= 0.6 is 0 Å². The Kier molecular flexibility index (Phi) is 1.35. The van der Waals surface area contributed by atoms with Gasteiger partial charge < -0.3 is 5.53 Å². The third-order valence-corrected chi connectivity index (χ3v) is 2.94. The van der Waals surface area contributed by atoms with Gasteiger partial charge in [0.1, 0.15) is 0 Å². The van der Waals surface area contributed by atoms with Gasteiger partial charge in [-0.2, -0.15) is 4.79 Å². The Labute approximate surface area is 60.9 Å². The summed E-state index contributed by atoms with van der Waals surface area (Å²) in [5.74, 6) is 1.48. The zero-order valence-corrected chi connectivity index (χ0v) is 6.08. The van der Waals surface area contributed by atoms with Gasteiger partial charge in [-0.1, -0.05) is 0 Å². The first-order chi connectivity index (χ1) is 4.90. The summed E-state index contributed by atoms with van der Waals surface area (Å²) in [6.45, 7) is 0. The van der Waals surface area contributed by atoms with E-state index in [1.807, 2.05) is 0 Å². The molecule has 0 spiro atoms. The number of hydrogen-bond acceptors (Lipinski definition) is 0. The Morgan fingerprint density at radius 2 is 1.90 bits per heavy atom. The molecule has 0 heterocycles. The fourth-order valence-corrected chi connectivity index (χ4v) is 2.28. The van der Waals surface area contributed by atoms with Gasteiger partial charge in [-0.3, -0.25) is 0 Å². The van der Waals surface area contributed by atoms with Crippen molar-refractivity contribution in [3.05, 3.63) is 5.53 Å². The number of hydrogen-bond donors (Lipinski definition) is 0. The van der Waals surface area contributed by atoms with Crippen molar-refractivity contribution in [1.82, 2.24) is 0 Å². The fourth-order valence-electron chi connectivity index (χ4n) is 2.28. The average molecular weight is 136 g/mol. The van der Waals surface area contributed by atoms with Crippen LogP contribution in [0.2, 0.25) is 0 Å². The van der Waals surface area contributed by atoms with Crippen molar-refractivity contribution >= 4 is 5.71 Å². The quantitative estimate of drug-likeness (QED) is 0.360. The van der Waals surface area contributed by atoms with E-state index in [1.165, 1.54) is 25.7 Å². The Morgan fingerprint density at radius 1 is 1.20 bits per heavy atom. The van der Waals surface area contributed by atoms with Crippen molar-refractivity contribution in [2.75, 3.05) is 0 Å². The molecular formula is C8H12N2. The minimum Gasteiger partial charge on any atom is -0.362 e. The summed E-state index contributed by atoms with van der Waals surface area (Å²) < 4.78 is 0. The van der Waals surface area contributed by atoms with E-state index in [9.17, 15) is 0 Å². The number of nitrogens with zero attached hydrogens (tertiary/aromatic N) is 2. The monoisotopic (exact) mass is 136 g/mol. The second kappa shape index (κ2) is 2.21. The normalized spacial score (nSPS) is 37.8. The second-order valence-corrected chi connectivity index (χ2v) is 3.51. The Hall–Kier alpha value is -0.620. The zero-order valence-electron chi connectivity index (χ0n) is 6.08. The SMILES string of the molecule is [N-]=[N+]=C1CC2CCC1CC2. The van der Waals surface area contributed by atoms with Crippen LogP contribution in [0, 0.1) is 11.8 Å². The molecule has 0 N–H and O–H groups in total. The molecule has 54 valence electrons. The van der Waals surface area contributed by atoms with E-state index < -0.39 is 0 Å². The van der Waals surface area contributed by atoms with Gasteiger partial charge in [0, 0.05) is 6.42 Å². The highest BCUT2D eigenvalue weighted by atomic mass is 14.9. The lowest BCUT2D eigenvalue weighted by atomic mass is 9.70. The lowest BCUT2D eigenvalue weighted by Crippen LogP contribution is -2.31. The fraction of sp³-hybridized carbons (Fsp3) is 0.875. The van der Waals surface area contributed by atoms with Crippen LogP contribution in [0.1, 0.15) is 32.1 Å². The van der Waals surface area contributed by atoms with Crippen molar-refractivity contribution in [3.63, 3.8) is 0 Å². The van der Waals surface area contributed by atoms with Crippen LogP contribution in [0.3, 0.4) is 0 Å². The standard InChI is InChI=1S/C8H12N2/c9-10-8-5-6-1-3-7(8)4-2-6/h6-7H,1-5H2. The molecule has 3 fully saturated rings. The first-order valence-corrected chi connectivity index (χ1v) is 4.11. The highest BCUT2D eigenvalue weighted by Gasteiger charge is 2.37. The smallest absolute Gasteiger partial charge is 0.272 e. The maximum atomic E-state index is 8.60. The predicted molar refractivity (Wildman–Crippen MR) is 38.7 cm³/mol. The molecule has 0 radical (unpaired) electrons. The van der Waals surface area contributed by atoms with Gasteiger partial charge in [0.25, 0.3) is 5.71 Å². The van der Waals surface area contributed by atoms with Gasteiger partial charge in [0.15, 0.2) is 0 Å². The third kappa shape index (κ3) is 0.800. The molecule has 10 heavy (non-hydrogen) atoms. The molecule has 0 aromatic carbocycles. The Bertz CT molecular complexity index is 183. The van der Waals surface area contributed by atoms with Gasteiger partial charge in [0.2, 0.25) is 0 Å². The van der Waals surface area contributed by atoms with E-state index in [1.54, 1.807) is 0 Å².